The first-order valence-corrected chi connectivity index (χ1v) is 14.7. The zero-order valence-corrected chi connectivity index (χ0v) is 24.6. The molecule has 0 N–H and O–H groups in total. The molecule has 0 amide bonds. The average Bonchev–Trinajstić information content (AvgIpc) is 3.31. The van der Waals surface area contributed by atoms with Gasteiger partial charge in [-0.25, -0.2) is 0 Å². The SMILES string of the molecule is Cc1ccc2c(c1)C(c1cccc(-c3ccccc3)n1)(c1cccc(-c3ccccc3)n1)c1cc(C(C)(C)C)ccc1-2. The highest BCUT2D eigenvalue weighted by Crippen LogP contribution is 2.56. The Morgan fingerprint density at radius 3 is 1.52 bits per heavy atom. The van der Waals surface area contributed by atoms with Gasteiger partial charge in [-0.3, -0.25) is 9.97 Å². The molecule has 0 fully saturated rings. The first-order valence-electron chi connectivity index (χ1n) is 14.7. The van der Waals surface area contributed by atoms with E-state index in [0.29, 0.717) is 0 Å². The molecule has 2 heterocycles. The van der Waals surface area contributed by atoms with E-state index in [-0.39, 0.29) is 5.41 Å². The van der Waals surface area contributed by atoms with Gasteiger partial charge in [-0.05, 0) is 64.4 Å². The molecule has 6 aromatic rings. The third kappa shape index (κ3) is 4.18. The average molecular weight is 543 g/mol. The summed E-state index contributed by atoms with van der Waals surface area (Å²) in [5.41, 5.74) is 12.9. The molecule has 0 saturated heterocycles. The van der Waals surface area contributed by atoms with Gasteiger partial charge in [0.05, 0.1) is 22.8 Å². The molecule has 7 rings (SSSR count). The van der Waals surface area contributed by atoms with Crippen molar-refractivity contribution in [1.29, 1.82) is 0 Å². The zero-order valence-electron chi connectivity index (χ0n) is 24.6. The van der Waals surface area contributed by atoms with Crippen LogP contribution in [0.25, 0.3) is 33.6 Å². The van der Waals surface area contributed by atoms with Gasteiger partial charge in [0.2, 0.25) is 0 Å². The molecule has 0 aliphatic heterocycles. The van der Waals surface area contributed by atoms with E-state index in [0.717, 1.165) is 33.9 Å². The second kappa shape index (κ2) is 9.92. The van der Waals surface area contributed by atoms with Gasteiger partial charge in [-0.2, -0.15) is 0 Å². The third-order valence-electron chi connectivity index (χ3n) is 8.56. The van der Waals surface area contributed by atoms with Crippen molar-refractivity contribution in [2.45, 2.75) is 38.5 Å². The Kier molecular flexibility index (Phi) is 6.17. The molecule has 204 valence electrons. The minimum absolute atomic E-state index is 0.00983. The Bertz CT molecular complexity index is 1830. The summed E-state index contributed by atoms with van der Waals surface area (Å²) in [4.78, 5) is 10.9. The Morgan fingerprint density at radius 2 is 1.00 bits per heavy atom. The van der Waals surface area contributed by atoms with Crippen molar-refractivity contribution < 1.29 is 0 Å². The van der Waals surface area contributed by atoms with Crippen LogP contribution in [-0.4, -0.2) is 9.97 Å². The number of pyridine rings is 2. The molecule has 0 spiro atoms. The van der Waals surface area contributed by atoms with E-state index in [1.54, 1.807) is 0 Å². The van der Waals surface area contributed by atoms with Crippen molar-refractivity contribution in [1.82, 2.24) is 9.97 Å². The van der Waals surface area contributed by atoms with Crippen LogP contribution in [0, 0.1) is 6.92 Å². The molecule has 2 nitrogen and oxygen atoms in total. The quantitative estimate of drug-likeness (QED) is 0.221. The Morgan fingerprint density at radius 1 is 0.500 bits per heavy atom. The van der Waals surface area contributed by atoms with E-state index >= 15 is 0 Å². The van der Waals surface area contributed by atoms with Crippen molar-refractivity contribution in [3.05, 3.63) is 167 Å². The van der Waals surface area contributed by atoms with Crippen molar-refractivity contribution in [2.24, 2.45) is 0 Å². The molecular weight excluding hydrogens is 508 g/mol. The van der Waals surface area contributed by atoms with Gasteiger partial charge in [0, 0.05) is 11.1 Å². The summed E-state index contributed by atoms with van der Waals surface area (Å²) >= 11 is 0. The molecule has 4 aromatic carbocycles. The molecule has 1 aliphatic carbocycles. The summed E-state index contributed by atoms with van der Waals surface area (Å²) in [5.74, 6) is 0. The minimum atomic E-state index is -0.687. The van der Waals surface area contributed by atoms with Gasteiger partial charge in [0.15, 0.2) is 0 Å². The first kappa shape index (κ1) is 26.1. The van der Waals surface area contributed by atoms with Crippen LogP contribution in [0.5, 0.6) is 0 Å². The lowest BCUT2D eigenvalue weighted by Crippen LogP contribution is -2.31. The van der Waals surface area contributed by atoms with E-state index in [1.807, 2.05) is 12.1 Å². The molecule has 0 atom stereocenters. The van der Waals surface area contributed by atoms with Crippen molar-refractivity contribution >= 4 is 0 Å². The van der Waals surface area contributed by atoms with Crippen LogP contribution < -0.4 is 0 Å². The van der Waals surface area contributed by atoms with Crippen LogP contribution in [0.2, 0.25) is 0 Å². The van der Waals surface area contributed by atoms with E-state index < -0.39 is 5.41 Å². The van der Waals surface area contributed by atoms with E-state index in [2.05, 4.69) is 149 Å². The van der Waals surface area contributed by atoms with Crippen LogP contribution in [-0.2, 0) is 10.8 Å². The van der Waals surface area contributed by atoms with Gasteiger partial charge >= 0.3 is 0 Å². The monoisotopic (exact) mass is 542 g/mol. The second-order valence-electron chi connectivity index (χ2n) is 12.4. The number of aromatic nitrogens is 2. The number of benzene rings is 4. The number of rotatable bonds is 4. The predicted octanol–water partition coefficient (Wildman–Crippen LogP) is 9.78. The van der Waals surface area contributed by atoms with E-state index in [4.69, 9.17) is 9.97 Å². The van der Waals surface area contributed by atoms with Gasteiger partial charge in [-0.1, -0.05) is 136 Å². The number of hydrogen-bond acceptors (Lipinski definition) is 2. The first-order chi connectivity index (χ1) is 20.4. The maximum Gasteiger partial charge on any atom is 0.106 e. The largest absolute Gasteiger partial charge is 0.251 e. The van der Waals surface area contributed by atoms with Gasteiger partial charge in [0.25, 0.3) is 0 Å². The molecule has 2 aromatic heterocycles. The van der Waals surface area contributed by atoms with Crippen LogP contribution >= 0.6 is 0 Å². The molecule has 0 saturated carbocycles. The standard InChI is InChI=1S/C40H34N2/c1-27-21-23-31-32-24-22-30(39(2,3)4)26-34(32)40(33(31)25-27,37-19-11-17-35(41-37)28-13-7-5-8-14-28)38-20-12-18-36(42-38)29-15-9-6-10-16-29/h5-26H,1-4H3. The number of aryl methyl sites for hydroxylation is 1. The normalized spacial score (nSPS) is 13.4. The van der Waals surface area contributed by atoms with Crippen LogP contribution in [0.3, 0.4) is 0 Å². The summed E-state index contributed by atoms with van der Waals surface area (Å²) < 4.78 is 0. The Hall–Kier alpha value is -4.82. The lowest BCUT2D eigenvalue weighted by atomic mass is 9.70. The Balaban J connectivity index is 1.60. The fourth-order valence-electron chi connectivity index (χ4n) is 6.41. The molecule has 0 bridgehead atoms. The van der Waals surface area contributed by atoms with Crippen molar-refractivity contribution in [3.63, 3.8) is 0 Å². The smallest absolute Gasteiger partial charge is 0.106 e. The lowest BCUT2D eigenvalue weighted by Gasteiger charge is -2.33. The molecule has 42 heavy (non-hydrogen) atoms. The molecule has 2 heteroatoms. The highest BCUT2D eigenvalue weighted by molar-refractivity contribution is 5.86. The molecule has 0 radical (unpaired) electrons. The number of hydrogen-bond donors (Lipinski definition) is 0. The Labute approximate surface area is 248 Å². The second-order valence-corrected chi connectivity index (χ2v) is 12.4. The van der Waals surface area contributed by atoms with Crippen LogP contribution in [0.1, 0.15) is 54.4 Å². The summed E-state index contributed by atoms with van der Waals surface area (Å²) in [7, 11) is 0. The fourth-order valence-corrected chi connectivity index (χ4v) is 6.41. The molecular formula is C40H34N2. The van der Waals surface area contributed by atoms with Crippen molar-refractivity contribution in [3.8, 4) is 33.6 Å². The predicted molar refractivity (Wildman–Crippen MR) is 174 cm³/mol. The van der Waals surface area contributed by atoms with Crippen LogP contribution in [0.15, 0.2) is 133 Å². The van der Waals surface area contributed by atoms with Crippen molar-refractivity contribution in [2.75, 3.05) is 0 Å². The summed E-state index contributed by atoms with van der Waals surface area (Å²) in [6.07, 6.45) is 0. The summed E-state index contributed by atoms with van der Waals surface area (Å²) in [6.45, 7) is 9.03. The van der Waals surface area contributed by atoms with Gasteiger partial charge in [0.1, 0.15) is 5.41 Å². The highest BCUT2D eigenvalue weighted by atomic mass is 14.8. The minimum Gasteiger partial charge on any atom is -0.251 e. The summed E-state index contributed by atoms with van der Waals surface area (Å²) in [5, 5.41) is 0. The topological polar surface area (TPSA) is 25.8 Å². The van der Waals surface area contributed by atoms with E-state index in [9.17, 15) is 0 Å². The zero-order chi connectivity index (χ0) is 28.9. The molecule has 1 aliphatic rings. The lowest BCUT2D eigenvalue weighted by molar-refractivity contribution is 0.587. The van der Waals surface area contributed by atoms with Crippen LogP contribution in [0.4, 0.5) is 0 Å². The number of nitrogens with zero attached hydrogens (tertiary/aromatic N) is 2. The van der Waals surface area contributed by atoms with Gasteiger partial charge in [-0.15, -0.1) is 0 Å². The van der Waals surface area contributed by atoms with E-state index in [1.165, 1.54) is 33.4 Å². The molecule has 0 unspecified atom stereocenters. The maximum atomic E-state index is 5.46. The maximum absolute atomic E-state index is 5.46. The highest BCUT2D eigenvalue weighted by Gasteiger charge is 2.49. The fraction of sp³-hybridized carbons (Fsp3) is 0.150. The van der Waals surface area contributed by atoms with Gasteiger partial charge < -0.3 is 0 Å². The summed E-state index contributed by atoms with van der Waals surface area (Å²) in [6, 6.07) is 47.7. The number of fused-ring (bicyclic) bond motifs is 3. The third-order valence-corrected chi connectivity index (χ3v) is 8.56.